The highest BCUT2D eigenvalue weighted by atomic mass is 16.6. The molecule has 2 N–H and O–H groups in total. The first-order valence-corrected chi connectivity index (χ1v) is 9.31. The van der Waals surface area contributed by atoms with E-state index in [0.29, 0.717) is 31.4 Å². The molecule has 1 aliphatic carbocycles. The summed E-state index contributed by atoms with van der Waals surface area (Å²) < 4.78 is 17.5. The van der Waals surface area contributed by atoms with E-state index in [-0.39, 0.29) is 11.8 Å². The normalized spacial score (nSPS) is 47.6. The van der Waals surface area contributed by atoms with Gasteiger partial charge in [-0.1, -0.05) is 20.8 Å². The molecule has 2 aliphatic heterocycles. The zero-order chi connectivity index (χ0) is 18.6. The van der Waals surface area contributed by atoms with Crippen molar-refractivity contribution in [2.45, 2.75) is 82.4 Å². The van der Waals surface area contributed by atoms with E-state index in [1.165, 1.54) is 13.2 Å². The molecule has 3 fully saturated rings. The number of methoxy groups -OCH3 is 1. The number of hydrogen-bond acceptors (Lipinski definition) is 6. The monoisotopic (exact) mass is 354 g/mol. The number of esters is 1. The molecule has 7 atom stereocenters. The number of aliphatic hydroxyl groups excluding tert-OH is 1. The van der Waals surface area contributed by atoms with Gasteiger partial charge in [-0.2, -0.15) is 0 Å². The Kier molecular flexibility index (Phi) is 4.45. The molecule has 2 saturated heterocycles. The molecule has 0 unspecified atom stereocenters. The number of rotatable bonds is 5. The molecule has 1 saturated carbocycles. The Morgan fingerprint density at radius 1 is 1.36 bits per heavy atom. The van der Waals surface area contributed by atoms with Crippen LogP contribution in [0.2, 0.25) is 0 Å². The average Bonchev–Trinajstić information content (AvgIpc) is 3.17. The minimum atomic E-state index is -0.948. The molecule has 3 rings (SSSR count). The highest BCUT2D eigenvalue weighted by Crippen LogP contribution is 2.69. The Morgan fingerprint density at radius 2 is 2.04 bits per heavy atom. The van der Waals surface area contributed by atoms with E-state index in [0.717, 1.165) is 0 Å². The summed E-state index contributed by atoms with van der Waals surface area (Å²) in [6, 6.07) is 0. The van der Waals surface area contributed by atoms with E-state index in [4.69, 9.17) is 14.2 Å². The Hall–Kier alpha value is -1.11. The highest BCUT2D eigenvalue weighted by Gasteiger charge is 2.78. The van der Waals surface area contributed by atoms with Crippen LogP contribution >= 0.6 is 0 Å². The molecule has 0 amide bonds. The summed E-state index contributed by atoms with van der Waals surface area (Å²) in [4.78, 5) is 11.9. The molecule has 2 heterocycles. The maximum Gasteiger partial charge on any atom is 0.333 e. The second-order valence-corrected chi connectivity index (χ2v) is 7.76. The molecule has 0 spiro atoms. The van der Waals surface area contributed by atoms with Gasteiger partial charge in [0, 0.05) is 18.3 Å². The lowest BCUT2D eigenvalue weighted by atomic mass is 9.71. The second kappa shape index (κ2) is 5.96. The van der Waals surface area contributed by atoms with Gasteiger partial charge in [0.25, 0.3) is 0 Å². The fourth-order valence-electron chi connectivity index (χ4n) is 5.57. The van der Waals surface area contributed by atoms with Crippen LogP contribution in [0.1, 0.15) is 53.4 Å². The van der Waals surface area contributed by atoms with Gasteiger partial charge in [0.05, 0.1) is 31.0 Å². The molecule has 0 aromatic carbocycles. The van der Waals surface area contributed by atoms with Gasteiger partial charge in [0.2, 0.25) is 0 Å². The largest absolute Gasteiger partial charge is 0.488 e. The lowest BCUT2D eigenvalue weighted by Crippen LogP contribution is -2.43. The zero-order valence-corrected chi connectivity index (χ0v) is 15.7. The van der Waals surface area contributed by atoms with E-state index in [1.807, 2.05) is 20.8 Å². The van der Waals surface area contributed by atoms with E-state index < -0.39 is 35.0 Å². The molecular formula is C19H30O6. The lowest BCUT2D eigenvalue weighted by Gasteiger charge is -2.32. The van der Waals surface area contributed by atoms with Crippen molar-refractivity contribution in [3.8, 4) is 0 Å². The second-order valence-electron chi connectivity index (χ2n) is 7.76. The fourth-order valence-corrected chi connectivity index (χ4v) is 5.57. The Labute approximate surface area is 149 Å². The molecule has 0 aromatic heterocycles. The standard InChI is InChI=1S/C19H30O6/c1-6-17(22)10-18(7-2)16-14(17)15(11(4)20)25-19(16,8-3)12(24-18)9-13(21)23-5/h9,11,14-16,20,22H,6-8,10H2,1-5H3/b12-9-/t11-,14+,15-,16-,17-,18+,19+/m0/s1. The van der Waals surface area contributed by atoms with Crippen LogP contribution in [0.15, 0.2) is 11.8 Å². The van der Waals surface area contributed by atoms with Crippen LogP contribution in [0.3, 0.4) is 0 Å². The van der Waals surface area contributed by atoms with Crippen LogP contribution in [0.25, 0.3) is 0 Å². The molecule has 0 bridgehead atoms. The summed E-state index contributed by atoms with van der Waals surface area (Å²) in [6.45, 7) is 7.68. The topological polar surface area (TPSA) is 85.2 Å². The average molecular weight is 354 g/mol. The first-order valence-electron chi connectivity index (χ1n) is 9.31. The third-order valence-corrected chi connectivity index (χ3v) is 6.75. The van der Waals surface area contributed by atoms with Gasteiger partial charge in [-0.15, -0.1) is 0 Å². The van der Waals surface area contributed by atoms with Crippen molar-refractivity contribution in [3.63, 3.8) is 0 Å². The number of carbonyl (C=O) groups excluding carboxylic acids is 1. The van der Waals surface area contributed by atoms with Gasteiger partial charge in [-0.25, -0.2) is 4.79 Å². The molecular weight excluding hydrogens is 324 g/mol. The highest BCUT2D eigenvalue weighted by molar-refractivity contribution is 5.83. The minimum Gasteiger partial charge on any atom is -0.488 e. The Bertz CT molecular complexity index is 586. The Balaban J connectivity index is 2.17. The summed E-state index contributed by atoms with van der Waals surface area (Å²) >= 11 is 0. The van der Waals surface area contributed by atoms with Crippen molar-refractivity contribution in [1.29, 1.82) is 0 Å². The number of carbonyl (C=O) groups is 1. The van der Waals surface area contributed by atoms with Crippen molar-refractivity contribution in [2.75, 3.05) is 7.11 Å². The van der Waals surface area contributed by atoms with Crippen LogP contribution in [0, 0.1) is 11.8 Å². The SMILES string of the molecule is CC[C@]1(O)C[C@@]2(CC)O/C(=C\C(=O)OC)[C@@]3(CC)O[C@@H]([C@H](C)O)[C@@H]1[C@@H]23. The predicted molar refractivity (Wildman–Crippen MR) is 90.6 cm³/mol. The van der Waals surface area contributed by atoms with Crippen LogP contribution < -0.4 is 0 Å². The van der Waals surface area contributed by atoms with Gasteiger partial charge < -0.3 is 24.4 Å². The maximum atomic E-state index is 11.9. The maximum absolute atomic E-state index is 11.9. The first kappa shape index (κ1) is 18.7. The number of hydrogen-bond donors (Lipinski definition) is 2. The van der Waals surface area contributed by atoms with E-state index in [9.17, 15) is 15.0 Å². The quantitative estimate of drug-likeness (QED) is 0.580. The van der Waals surface area contributed by atoms with Gasteiger partial charge >= 0.3 is 5.97 Å². The van der Waals surface area contributed by atoms with Gasteiger partial charge in [0.1, 0.15) is 17.0 Å². The molecule has 142 valence electrons. The van der Waals surface area contributed by atoms with Crippen LogP contribution in [0.4, 0.5) is 0 Å². The summed E-state index contributed by atoms with van der Waals surface area (Å²) in [6.07, 6.45) is 2.51. The van der Waals surface area contributed by atoms with E-state index in [2.05, 4.69) is 0 Å². The molecule has 6 heteroatoms. The van der Waals surface area contributed by atoms with Crippen molar-refractivity contribution in [2.24, 2.45) is 11.8 Å². The smallest absolute Gasteiger partial charge is 0.333 e. The van der Waals surface area contributed by atoms with Crippen LogP contribution in [-0.4, -0.2) is 52.3 Å². The van der Waals surface area contributed by atoms with E-state index >= 15 is 0 Å². The predicted octanol–water partition coefficient (Wildman–Crippen LogP) is 1.93. The number of ether oxygens (including phenoxy) is 3. The summed E-state index contributed by atoms with van der Waals surface area (Å²) in [7, 11) is 1.33. The van der Waals surface area contributed by atoms with Crippen molar-refractivity contribution in [1.82, 2.24) is 0 Å². The summed E-state index contributed by atoms with van der Waals surface area (Å²) in [5.41, 5.74) is -2.35. The van der Waals surface area contributed by atoms with Crippen molar-refractivity contribution in [3.05, 3.63) is 11.8 Å². The van der Waals surface area contributed by atoms with E-state index in [1.54, 1.807) is 6.92 Å². The van der Waals surface area contributed by atoms with Crippen molar-refractivity contribution >= 4 is 5.97 Å². The molecule has 0 radical (unpaired) electrons. The third kappa shape index (κ3) is 2.30. The molecule has 6 nitrogen and oxygen atoms in total. The molecule has 0 aromatic rings. The summed E-state index contributed by atoms with van der Waals surface area (Å²) in [5, 5.41) is 21.7. The third-order valence-electron chi connectivity index (χ3n) is 6.75. The van der Waals surface area contributed by atoms with Crippen LogP contribution in [-0.2, 0) is 19.0 Å². The van der Waals surface area contributed by atoms with Gasteiger partial charge in [-0.3, -0.25) is 0 Å². The number of aliphatic hydroxyl groups is 2. The fraction of sp³-hybridized carbons (Fsp3) is 0.842. The van der Waals surface area contributed by atoms with Crippen LogP contribution in [0.5, 0.6) is 0 Å². The van der Waals surface area contributed by atoms with Gasteiger partial charge in [0.15, 0.2) is 0 Å². The lowest BCUT2D eigenvalue weighted by molar-refractivity contribution is -0.135. The first-order chi connectivity index (χ1) is 11.7. The molecule has 3 aliphatic rings. The zero-order valence-electron chi connectivity index (χ0n) is 15.7. The van der Waals surface area contributed by atoms with Crippen molar-refractivity contribution < 1.29 is 29.2 Å². The minimum absolute atomic E-state index is 0.101. The molecule has 25 heavy (non-hydrogen) atoms. The summed E-state index contributed by atoms with van der Waals surface area (Å²) in [5.74, 6) is -0.350. The Morgan fingerprint density at radius 3 is 2.52 bits per heavy atom. The van der Waals surface area contributed by atoms with Gasteiger partial charge in [-0.05, 0) is 26.2 Å².